The van der Waals surface area contributed by atoms with E-state index in [0.717, 1.165) is 0 Å². The maximum atomic E-state index is 10.1. The van der Waals surface area contributed by atoms with Crippen LogP contribution >= 0.6 is 23.2 Å². The van der Waals surface area contributed by atoms with Gasteiger partial charge in [0.2, 0.25) is 0 Å². The van der Waals surface area contributed by atoms with E-state index in [0.29, 0.717) is 0 Å². The molecule has 58 valence electrons. The van der Waals surface area contributed by atoms with Crippen LogP contribution in [-0.2, 0) is 0 Å². The third-order valence-corrected chi connectivity index (χ3v) is 1.45. The molecule has 0 aliphatic carbocycles. The number of hydrogen-bond acceptors (Lipinski definition) is 3. The summed E-state index contributed by atoms with van der Waals surface area (Å²) in [6, 6.07) is 1.27. The summed E-state index contributed by atoms with van der Waals surface area (Å²) in [5, 5.41) is 10.4. The molecule has 0 saturated heterocycles. The molecule has 0 aliphatic heterocycles. The van der Waals surface area contributed by atoms with Gasteiger partial charge in [-0.05, 0) is 16.0 Å². The average Bonchev–Trinajstić information content (AvgIpc) is 1.85. The number of hydrogen-bond donors (Lipinski definition) is 0. The van der Waals surface area contributed by atoms with E-state index in [1.54, 1.807) is 0 Å². The van der Waals surface area contributed by atoms with Crippen molar-refractivity contribution in [3.8, 4) is 0 Å². The van der Waals surface area contributed by atoms with Crippen LogP contribution in [0, 0.1) is 10.1 Å². The van der Waals surface area contributed by atoms with Crippen molar-refractivity contribution in [1.82, 2.24) is 4.98 Å². The van der Waals surface area contributed by atoms with Crippen LogP contribution in [0.25, 0.3) is 0 Å². The van der Waals surface area contributed by atoms with Crippen LogP contribution < -0.4 is 0 Å². The Bertz CT molecular complexity index is 303. The molecular formula is C5H2Cl2N2O2. The predicted octanol–water partition coefficient (Wildman–Crippen LogP) is 2.30. The van der Waals surface area contributed by atoms with Gasteiger partial charge in [0.05, 0.1) is 5.02 Å². The van der Waals surface area contributed by atoms with E-state index < -0.39 is 4.92 Å². The lowest BCUT2D eigenvalue weighted by Crippen LogP contribution is -1.91. The number of halogens is 2. The van der Waals surface area contributed by atoms with E-state index in [2.05, 4.69) is 4.98 Å². The van der Waals surface area contributed by atoms with Crippen LogP contribution in [-0.4, -0.2) is 9.91 Å². The molecule has 6 heteroatoms. The van der Waals surface area contributed by atoms with Crippen molar-refractivity contribution in [3.63, 3.8) is 0 Å². The van der Waals surface area contributed by atoms with Gasteiger partial charge in [0.25, 0.3) is 0 Å². The number of nitrogens with zero attached hydrogens (tertiary/aromatic N) is 2. The topological polar surface area (TPSA) is 56.0 Å². The average molecular weight is 193 g/mol. The van der Waals surface area contributed by atoms with E-state index in [4.69, 9.17) is 23.2 Å². The summed E-state index contributed by atoms with van der Waals surface area (Å²) in [6.45, 7) is 0. The summed E-state index contributed by atoms with van der Waals surface area (Å²) < 4.78 is 0. The van der Waals surface area contributed by atoms with Gasteiger partial charge in [0, 0.05) is 0 Å². The van der Waals surface area contributed by atoms with E-state index in [1.165, 1.54) is 12.3 Å². The molecule has 4 nitrogen and oxygen atoms in total. The zero-order chi connectivity index (χ0) is 8.43. The molecule has 1 rings (SSSR count). The fourth-order valence-electron chi connectivity index (χ4n) is 0.542. The number of rotatable bonds is 1. The zero-order valence-electron chi connectivity index (χ0n) is 5.12. The van der Waals surface area contributed by atoms with Crippen molar-refractivity contribution >= 4 is 29.0 Å². The Kier molecular flexibility index (Phi) is 2.26. The largest absolute Gasteiger partial charge is 0.382 e. The molecule has 0 amide bonds. The maximum absolute atomic E-state index is 10.1. The van der Waals surface area contributed by atoms with Crippen LogP contribution in [0.2, 0.25) is 10.0 Å². The second-order valence-electron chi connectivity index (χ2n) is 1.72. The van der Waals surface area contributed by atoms with Gasteiger partial charge in [-0.1, -0.05) is 23.2 Å². The summed E-state index contributed by atoms with van der Waals surface area (Å²) in [5.41, 5.74) is 0. The molecule has 0 saturated carbocycles. The van der Waals surface area contributed by atoms with Gasteiger partial charge < -0.3 is 10.1 Å². The minimum atomic E-state index is -0.668. The normalized spacial score (nSPS) is 9.64. The van der Waals surface area contributed by atoms with Crippen LogP contribution in [0.1, 0.15) is 0 Å². The monoisotopic (exact) mass is 192 g/mol. The molecule has 0 unspecified atom stereocenters. The molecule has 0 N–H and O–H groups in total. The van der Waals surface area contributed by atoms with Crippen molar-refractivity contribution in [1.29, 1.82) is 0 Å². The van der Waals surface area contributed by atoms with Crippen LogP contribution in [0.15, 0.2) is 12.3 Å². The number of nitro groups is 1. The van der Waals surface area contributed by atoms with Crippen molar-refractivity contribution < 1.29 is 4.92 Å². The highest BCUT2D eigenvalue weighted by molar-refractivity contribution is 6.35. The predicted molar refractivity (Wildman–Crippen MR) is 40.9 cm³/mol. The van der Waals surface area contributed by atoms with E-state index in [-0.39, 0.29) is 15.9 Å². The van der Waals surface area contributed by atoms with Gasteiger partial charge in [-0.15, -0.1) is 0 Å². The molecule has 0 aliphatic rings. The van der Waals surface area contributed by atoms with E-state index in [1.807, 2.05) is 0 Å². The first-order chi connectivity index (χ1) is 5.11. The molecule has 0 spiro atoms. The van der Waals surface area contributed by atoms with Gasteiger partial charge in [-0.2, -0.15) is 0 Å². The van der Waals surface area contributed by atoms with Gasteiger partial charge in [0.1, 0.15) is 5.02 Å². The Balaban J connectivity index is 3.20. The summed E-state index contributed by atoms with van der Waals surface area (Å²) >= 11 is 10.9. The summed E-state index contributed by atoms with van der Waals surface area (Å²) in [6.07, 6.45) is 1.17. The quantitative estimate of drug-likeness (QED) is 0.507. The molecule has 1 aromatic rings. The summed E-state index contributed by atoms with van der Waals surface area (Å²) in [4.78, 5) is 12.9. The Labute approximate surface area is 71.9 Å². The fraction of sp³-hybridized carbons (Fsp3) is 0. The third kappa shape index (κ3) is 1.78. The first-order valence-corrected chi connectivity index (χ1v) is 3.32. The molecule has 1 aromatic heterocycles. The molecule has 11 heavy (non-hydrogen) atoms. The number of aromatic nitrogens is 1. The lowest BCUT2D eigenvalue weighted by molar-refractivity contribution is -0.389. The fourth-order valence-corrected chi connectivity index (χ4v) is 0.991. The molecular weight excluding hydrogens is 191 g/mol. The second kappa shape index (κ2) is 3.02. The highest BCUT2D eigenvalue weighted by Gasteiger charge is 2.12. The lowest BCUT2D eigenvalue weighted by atomic mass is 10.5. The molecule has 0 atom stereocenters. The molecule has 1 heterocycles. The van der Waals surface area contributed by atoms with E-state index in [9.17, 15) is 10.1 Å². The second-order valence-corrected chi connectivity index (χ2v) is 2.56. The Hall–Kier alpha value is -0.870. The zero-order valence-corrected chi connectivity index (χ0v) is 6.63. The molecule has 0 bridgehead atoms. The Morgan fingerprint density at radius 2 is 2.18 bits per heavy atom. The minimum absolute atomic E-state index is 0.0532. The maximum Gasteiger partial charge on any atom is 0.382 e. The number of pyridine rings is 1. The Morgan fingerprint density at radius 1 is 1.55 bits per heavy atom. The van der Waals surface area contributed by atoms with Gasteiger partial charge in [-0.25, -0.2) is 0 Å². The smallest absolute Gasteiger partial charge is 0.358 e. The van der Waals surface area contributed by atoms with Crippen LogP contribution in [0.4, 0.5) is 5.82 Å². The van der Waals surface area contributed by atoms with Crippen molar-refractivity contribution in [2.24, 2.45) is 0 Å². The first-order valence-electron chi connectivity index (χ1n) is 2.56. The van der Waals surface area contributed by atoms with Gasteiger partial charge in [0.15, 0.2) is 6.20 Å². The summed E-state index contributed by atoms with van der Waals surface area (Å²) in [5.74, 6) is -0.379. The van der Waals surface area contributed by atoms with Crippen molar-refractivity contribution in [2.45, 2.75) is 0 Å². The van der Waals surface area contributed by atoms with Crippen LogP contribution in [0.5, 0.6) is 0 Å². The van der Waals surface area contributed by atoms with Crippen molar-refractivity contribution in [2.75, 3.05) is 0 Å². The Morgan fingerprint density at radius 3 is 2.64 bits per heavy atom. The SMILES string of the molecule is O=[N+]([O-])c1ncc(Cl)cc1Cl. The van der Waals surface area contributed by atoms with Gasteiger partial charge in [-0.3, -0.25) is 0 Å². The molecule has 0 aromatic carbocycles. The van der Waals surface area contributed by atoms with Gasteiger partial charge >= 0.3 is 5.82 Å². The lowest BCUT2D eigenvalue weighted by Gasteiger charge is -1.93. The van der Waals surface area contributed by atoms with E-state index >= 15 is 0 Å². The highest BCUT2D eigenvalue weighted by Crippen LogP contribution is 2.23. The molecule has 0 fully saturated rings. The van der Waals surface area contributed by atoms with Crippen molar-refractivity contribution in [3.05, 3.63) is 32.4 Å². The summed E-state index contributed by atoms with van der Waals surface area (Å²) in [7, 11) is 0. The van der Waals surface area contributed by atoms with Crippen LogP contribution in [0.3, 0.4) is 0 Å². The standard InChI is InChI=1S/C5H2Cl2N2O2/c6-3-1-4(7)5(8-2-3)9(10)11/h1-2H. The third-order valence-electron chi connectivity index (χ3n) is 0.961. The minimum Gasteiger partial charge on any atom is -0.358 e. The highest BCUT2D eigenvalue weighted by atomic mass is 35.5. The first kappa shape index (κ1) is 8.23. The molecule has 0 radical (unpaired) electrons.